The number of hydrogen-bond donors (Lipinski definition) is 1. The largest absolute Gasteiger partial charge is 0.369 e. The Morgan fingerprint density at radius 1 is 0.833 bits per heavy atom. The van der Waals surface area contributed by atoms with Gasteiger partial charge in [-0.05, 0) is 69.1 Å². The number of carbonyl (C=O) groups is 1. The van der Waals surface area contributed by atoms with Crippen LogP contribution in [0.15, 0.2) is 4.99 Å². The van der Waals surface area contributed by atoms with E-state index < -0.39 is 5.54 Å². The summed E-state index contributed by atoms with van der Waals surface area (Å²) in [4.78, 5) is 20.9. The third-order valence-electron chi connectivity index (χ3n) is 8.92. The third-order valence-corrected chi connectivity index (χ3v) is 8.92. The summed E-state index contributed by atoms with van der Waals surface area (Å²) in [6.07, 6.45) is 22.4. The van der Waals surface area contributed by atoms with Crippen LogP contribution in [0.25, 0.3) is 0 Å². The average Bonchev–Trinajstić information content (AvgIpc) is 3.03. The Kier molecular flexibility index (Phi) is 7.41. The number of amides is 1. The van der Waals surface area contributed by atoms with Crippen LogP contribution in [-0.4, -0.2) is 28.3 Å². The van der Waals surface area contributed by atoms with Crippen molar-refractivity contribution >= 4 is 11.9 Å². The van der Waals surface area contributed by atoms with E-state index in [1.165, 1.54) is 77.0 Å². The standard InChI is InChI=1S/C26H45N3O/c1-20-12-14-23(15-13-20)29-24(30)26(28-25(29)27,18-16-21-8-4-2-5-9-21)19-17-22-10-6-3-7-11-22/h20-23H,2-19H2,1H3,(H2,27,28). The van der Waals surface area contributed by atoms with Gasteiger partial charge in [-0.2, -0.15) is 0 Å². The van der Waals surface area contributed by atoms with Gasteiger partial charge in [0.25, 0.3) is 5.91 Å². The smallest absolute Gasteiger partial charge is 0.257 e. The summed E-state index contributed by atoms with van der Waals surface area (Å²) in [5.41, 5.74) is 5.93. The van der Waals surface area contributed by atoms with E-state index in [0.717, 1.165) is 56.3 Å². The fourth-order valence-electron chi connectivity index (χ4n) is 6.79. The number of carbonyl (C=O) groups excluding carboxylic acids is 1. The summed E-state index contributed by atoms with van der Waals surface area (Å²) >= 11 is 0. The first kappa shape index (κ1) is 22.1. The molecule has 1 amide bonds. The minimum Gasteiger partial charge on any atom is -0.369 e. The van der Waals surface area contributed by atoms with Crippen LogP contribution in [0.1, 0.15) is 122 Å². The normalized spacial score (nSPS) is 31.2. The molecule has 0 aromatic carbocycles. The number of rotatable bonds is 7. The summed E-state index contributed by atoms with van der Waals surface area (Å²) < 4.78 is 0. The van der Waals surface area contributed by atoms with Crippen molar-refractivity contribution in [2.45, 2.75) is 134 Å². The highest BCUT2D eigenvalue weighted by atomic mass is 16.2. The van der Waals surface area contributed by atoms with Crippen LogP contribution in [0.3, 0.4) is 0 Å². The maximum Gasteiger partial charge on any atom is 0.257 e. The second-order valence-electron chi connectivity index (χ2n) is 11.2. The summed E-state index contributed by atoms with van der Waals surface area (Å²) in [7, 11) is 0. The summed E-state index contributed by atoms with van der Waals surface area (Å²) in [5, 5.41) is 0. The van der Waals surface area contributed by atoms with Gasteiger partial charge in [0.05, 0.1) is 0 Å². The maximum atomic E-state index is 13.9. The molecule has 30 heavy (non-hydrogen) atoms. The molecule has 4 heteroatoms. The van der Waals surface area contributed by atoms with Crippen LogP contribution in [0, 0.1) is 17.8 Å². The number of nitrogens with two attached hydrogens (primary N) is 1. The fraction of sp³-hybridized carbons (Fsp3) is 0.923. The number of aliphatic imine (C=N–C) groups is 1. The van der Waals surface area contributed by atoms with Gasteiger partial charge in [-0.1, -0.05) is 71.1 Å². The SMILES string of the molecule is CC1CCC(N2C(=O)C(CCC3CCCCC3)(CCC3CCCCC3)N=C2N)CC1. The number of hydrogen-bond acceptors (Lipinski definition) is 3. The highest BCUT2D eigenvalue weighted by Crippen LogP contribution is 2.41. The number of guanidine groups is 1. The lowest BCUT2D eigenvalue weighted by atomic mass is 9.77. The lowest BCUT2D eigenvalue weighted by molar-refractivity contribution is -0.134. The van der Waals surface area contributed by atoms with Crippen molar-refractivity contribution in [3.63, 3.8) is 0 Å². The van der Waals surface area contributed by atoms with Crippen molar-refractivity contribution in [2.24, 2.45) is 28.5 Å². The topological polar surface area (TPSA) is 58.7 Å². The fourth-order valence-corrected chi connectivity index (χ4v) is 6.79. The van der Waals surface area contributed by atoms with Crippen molar-refractivity contribution in [2.75, 3.05) is 0 Å². The third kappa shape index (κ3) is 5.05. The zero-order valence-electron chi connectivity index (χ0n) is 19.4. The Balaban J connectivity index is 1.46. The summed E-state index contributed by atoms with van der Waals surface area (Å²) in [6.45, 7) is 2.33. The van der Waals surface area contributed by atoms with Crippen LogP contribution in [-0.2, 0) is 4.79 Å². The first-order chi connectivity index (χ1) is 14.6. The Morgan fingerprint density at radius 3 is 1.83 bits per heavy atom. The second kappa shape index (κ2) is 10.0. The van der Waals surface area contributed by atoms with Gasteiger partial charge in [-0.3, -0.25) is 9.69 Å². The lowest BCUT2D eigenvalue weighted by Gasteiger charge is -2.36. The molecule has 2 N–H and O–H groups in total. The molecular weight excluding hydrogens is 370 g/mol. The van der Waals surface area contributed by atoms with E-state index in [2.05, 4.69) is 6.92 Å². The molecule has 170 valence electrons. The van der Waals surface area contributed by atoms with E-state index >= 15 is 0 Å². The quantitative estimate of drug-likeness (QED) is 0.539. The second-order valence-corrected chi connectivity index (χ2v) is 11.2. The molecule has 0 spiro atoms. The predicted octanol–water partition coefficient (Wildman–Crippen LogP) is 6.18. The molecule has 0 aromatic rings. The first-order valence-corrected chi connectivity index (χ1v) is 13.3. The number of nitrogens with zero attached hydrogens (tertiary/aromatic N) is 2. The Hall–Kier alpha value is -1.06. The Morgan fingerprint density at radius 2 is 1.33 bits per heavy atom. The monoisotopic (exact) mass is 415 g/mol. The van der Waals surface area contributed by atoms with Gasteiger partial charge in [-0.15, -0.1) is 0 Å². The Bertz CT molecular complexity index is 573. The van der Waals surface area contributed by atoms with E-state index in [9.17, 15) is 4.79 Å². The maximum absolute atomic E-state index is 13.9. The zero-order chi connectivity index (χ0) is 21.0. The van der Waals surface area contributed by atoms with Crippen LogP contribution in [0.5, 0.6) is 0 Å². The Labute approximate surface area is 184 Å². The molecule has 4 nitrogen and oxygen atoms in total. The van der Waals surface area contributed by atoms with E-state index in [-0.39, 0.29) is 11.9 Å². The molecule has 0 atom stereocenters. The van der Waals surface area contributed by atoms with Crippen LogP contribution in [0.4, 0.5) is 0 Å². The van der Waals surface area contributed by atoms with Gasteiger partial charge in [0.2, 0.25) is 0 Å². The van der Waals surface area contributed by atoms with Gasteiger partial charge < -0.3 is 5.73 Å². The van der Waals surface area contributed by atoms with Crippen molar-refractivity contribution < 1.29 is 4.79 Å². The van der Waals surface area contributed by atoms with Gasteiger partial charge >= 0.3 is 0 Å². The van der Waals surface area contributed by atoms with Gasteiger partial charge in [0, 0.05) is 6.04 Å². The molecule has 1 heterocycles. The van der Waals surface area contributed by atoms with Crippen LogP contribution < -0.4 is 5.73 Å². The molecule has 3 saturated carbocycles. The summed E-state index contributed by atoms with van der Waals surface area (Å²) in [5.74, 6) is 3.15. The van der Waals surface area contributed by atoms with Gasteiger partial charge in [-0.25, -0.2) is 4.99 Å². The zero-order valence-corrected chi connectivity index (χ0v) is 19.4. The van der Waals surface area contributed by atoms with E-state index in [1.54, 1.807) is 0 Å². The molecule has 4 rings (SSSR count). The minimum absolute atomic E-state index is 0.256. The minimum atomic E-state index is -0.554. The molecule has 3 fully saturated rings. The first-order valence-electron chi connectivity index (χ1n) is 13.3. The lowest BCUT2D eigenvalue weighted by Crippen LogP contribution is -2.50. The van der Waals surface area contributed by atoms with Crippen LogP contribution >= 0.6 is 0 Å². The molecular formula is C26H45N3O. The predicted molar refractivity (Wildman–Crippen MR) is 124 cm³/mol. The van der Waals surface area contributed by atoms with E-state index in [0.29, 0.717) is 5.96 Å². The summed E-state index contributed by atoms with van der Waals surface area (Å²) in [6, 6.07) is 0.281. The van der Waals surface area contributed by atoms with Crippen molar-refractivity contribution in [3.05, 3.63) is 0 Å². The van der Waals surface area contributed by atoms with E-state index in [1.807, 2.05) is 4.90 Å². The van der Waals surface area contributed by atoms with Crippen molar-refractivity contribution in [1.82, 2.24) is 4.90 Å². The highest BCUT2D eigenvalue weighted by molar-refractivity contribution is 6.07. The van der Waals surface area contributed by atoms with Gasteiger partial charge in [0.15, 0.2) is 5.96 Å². The van der Waals surface area contributed by atoms with Crippen molar-refractivity contribution in [3.8, 4) is 0 Å². The molecule has 0 aromatic heterocycles. The molecule has 1 aliphatic heterocycles. The van der Waals surface area contributed by atoms with Crippen LogP contribution in [0.2, 0.25) is 0 Å². The molecule has 0 saturated heterocycles. The molecule has 3 aliphatic carbocycles. The highest BCUT2D eigenvalue weighted by Gasteiger charge is 2.49. The van der Waals surface area contributed by atoms with Gasteiger partial charge in [0.1, 0.15) is 5.54 Å². The van der Waals surface area contributed by atoms with Crippen molar-refractivity contribution in [1.29, 1.82) is 0 Å². The molecule has 4 aliphatic rings. The molecule has 0 unspecified atom stereocenters. The molecule has 0 bridgehead atoms. The molecule has 0 radical (unpaired) electrons. The van der Waals surface area contributed by atoms with E-state index in [4.69, 9.17) is 10.7 Å². The average molecular weight is 416 g/mol.